The van der Waals surface area contributed by atoms with Gasteiger partial charge in [0.1, 0.15) is 0 Å². The fraction of sp³-hybridized carbons (Fsp3) is 0. The van der Waals surface area contributed by atoms with Gasteiger partial charge in [-0.3, -0.25) is 0 Å². The minimum Gasteiger partial charge on any atom is -0.309 e. The van der Waals surface area contributed by atoms with Crippen molar-refractivity contribution in [2.24, 2.45) is 0 Å². The van der Waals surface area contributed by atoms with Gasteiger partial charge in [-0.15, -0.1) is 0 Å². The Morgan fingerprint density at radius 2 is 0.569 bits per heavy atom. The minimum atomic E-state index is 1.14. The number of hydrogen-bond donors (Lipinski definition) is 0. The monoisotopic (exact) mass is 738 g/mol. The summed E-state index contributed by atoms with van der Waals surface area (Å²) in [5.74, 6) is 0. The standard InChI is InChI=1S/C54H34N4/c1-2-15-35(16-3-1)55-45-22-9-6-19-40(45)43-33-36(29-31-50(43)55)56-46-23-10-7-20-41(46)44-34-37(30-32-51(44)56)57-49-26-13-8-21-42(49)54-52(57)27-14-28-53(54)58-47-24-11-4-17-38(47)39-18-5-12-25-48(39)58/h1-34H. The average molecular weight is 739 g/mol. The smallest absolute Gasteiger partial charge is 0.0562 e. The average Bonchev–Trinajstić information content (AvgIpc) is 4.01. The van der Waals surface area contributed by atoms with Crippen molar-refractivity contribution in [3.63, 3.8) is 0 Å². The van der Waals surface area contributed by atoms with Crippen LogP contribution < -0.4 is 0 Å². The maximum absolute atomic E-state index is 2.46. The van der Waals surface area contributed by atoms with E-state index in [0.29, 0.717) is 0 Å². The molecule has 0 fully saturated rings. The van der Waals surface area contributed by atoms with Crippen molar-refractivity contribution in [3.8, 4) is 22.7 Å². The van der Waals surface area contributed by atoms with Crippen LogP contribution in [-0.4, -0.2) is 18.3 Å². The van der Waals surface area contributed by atoms with Crippen LogP contribution in [-0.2, 0) is 0 Å². The van der Waals surface area contributed by atoms with Crippen LogP contribution in [0.4, 0.5) is 0 Å². The van der Waals surface area contributed by atoms with Gasteiger partial charge in [-0.25, -0.2) is 0 Å². The van der Waals surface area contributed by atoms with E-state index in [-0.39, 0.29) is 0 Å². The maximum atomic E-state index is 2.46. The first-order valence-electron chi connectivity index (χ1n) is 20.0. The Morgan fingerprint density at radius 1 is 0.207 bits per heavy atom. The van der Waals surface area contributed by atoms with Crippen LogP contribution in [0.3, 0.4) is 0 Å². The van der Waals surface area contributed by atoms with E-state index in [1.165, 1.54) is 92.9 Å². The van der Waals surface area contributed by atoms with Gasteiger partial charge in [0, 0.05) is 60.2 Å². The predicted molar refractivity (Wildman–Crippen MR) is 244 cm³/mol. The van der Waals surface area contributed by atoms with Crippen LogP contribution in [0.15, 0.2) is 206 Å². The lowest BCUT2D eigenvalue weighted by Gasteiger charge is -2.12. The van der Waals surface area contributed by atoms with Gasteiger partial charge < -0.3 is 18.3 Å². The first-order valence-corrected chi connectivity index (χ1v) is 20.0. The molecule has 4 aromatic heterocycles. The van der Waals surface area contributed by atoms with Crippen LogP contribution in [0.5, 0.6) is 0 Å². The molecular formula is C54H34N4. The molecule has 0 radical (unpaired) electrons. The molecular weight excluding hydrogens is 705 g/mol. The summed E-state index contributed by atoms with van der Waals surface area (Å²) >= 11 is 0. The molecule has 4 heteroatoms. The van der Waals surface area contributed by atoms with Gasteiger partial charge in [-0.05, 0) is 91.0 Å². The molecule has 0 atom stereocenters. The highest BCUT2D eigenvalue weighted by atomic mass is 15.0. The highest BCUT2D eigenvalue weighted by molar-refractivity contribution is 6.17. The molecule has 4 heterocycles. The first kappa shape index (κ1) is 31.4. The summed E-state index contributed by atoms with van der Waals surface area (Å²) in [6.07, 6.45) is 0. The molecule has 0 aliphatic carbocycles. The van der Waals surface area contributed by atoms with Gasteiger partial charge in [0.15, 0.2) is 0 Å². The molecule has 0 N–H and O–H groups in total. The third kappa shape index (κ3) is 4.23. The SMILES string of the molecule is c1ccc(-n2c3ccccc3c3cc(-n4c5ccccc5c5cc(-n6c7ccccc7c7c(-n8c9ccccc9c9ccccc98)cccc76)ccc54)ccc32)cc1. The Balaban J connectivity index is 1.05. The highest BCUT2D eigenvalue weighted by Crippen LogP contribution is 2.42. The molecule has 0 aliphatic rings. The molecule has 58 heavy (non-hydrogen) atoms. The summed E-state index contributed by atoms with van der Waals surface area (Å²) in [7, 11) is 0. The van der Waals surface area contributed by atoms with Crippen molar-refractivity contribution < 1.29 is 0 Å². The quantitative estimate of drug-likeness (QED) is 0.171. The predicted octanol–water partition coefficient (Wildman–Crippen LogP) is 14.1. The van der Waals surface area contributed by atoms with E-state index in [0.717, 1.165) is 17.1 Å². The zero-order chi connectivity index (χ0) is 37.9. The Hall–Kier alpha value is -7.82. The topological polar surface area (TPSA) is 19.7 Å². The zero-order valence-electron chi connectivity index (χ0n) is 31.4. The van der Waals surface area contributed by atoms with E-state index >= 15 is 0 Å². The Morgan fingerprint density at radius 3 is 1.10 bits per heavy atom. The molecule has 0 amide bonds. The number of benzene rings is 9. The molecule has 0 aliphatic heterocycles. The lowest BCUT2D eigenvalue weighted by molar-refractivity contribution is 1.16. The second-order valence-corrected chi connectivity index (χ2v) is 15.3. The minimum absolute atomic E-state index is 1.14. The molecule has 13 aromatic rings. The molecule has 270 valence electrons. The van der Waals surface area contributed by atoms with Crippen LogP contribution in [0, 0.1) is 0 Å². The fourth-order valence-electron chi connectivity index (χ4n) is 9.98. The van der Waals surface area contributed by atoms with Gasteiger partial charge in [-0.1, -0.05) is 115 Å². The molecule has 9 aromatic carbocycles. The van der Waals surface area contributed by atoms with Crippen LogP contribution in [0.1, 0.15) is 0 Å². The molecule has 4 nitrogen and oxygen atoms in total. The first-order chi connectivity index (χ1) is 28.8. The number of aromatic nitrogens is 4. The third-order valence-corrected chi connectivity index (χ3v) is 12.3. The zero-order valence-corrected chi connectivity index (χ0v) is 31.4. The number of para-hydroxylation sites is 6. The number of hydrogen-bond acceptors (Lipinski definition) is 0. The van der Waals surface area contributed by atoms with E-state index in [9.17, 15) is 0 Å². The normalized spacial score (nSPS) is 12.1. The van der Waals surface area contributed by atoms with Gasteiger partial charge in [0.05, 0.1) is 49.8 Å². The number of fused-ring (bicyclic) bond motifs is 12. The second kappa shape index (κ2) is 11.8. The van der Waals surface area contributed by atoms with Crippen LogP contribution in [0.25, 0.3) is 110 Å². The Bertz CT molecular complexity index is 3740. The number of rotatable bonds is 4. The molecule has 0 saturated heterocycles. The van der Waals surface area contributed by atoms with Crippen LogP contribution in [0.2, 0.25) is 0 Å². The summed E-state index contributed by atoms with van der Waals surface area (Å²) in [5.41, 5.74) is 14.2. The van der Waals surface area contributed by atoms with E-state index < -0.39 is 0 Å². The van der Waals surface area contributed by atoms with Gasteiger partial charge in [-0.2, -0.15) is 0 Å². The van der Waals surface area contributed by atoms with Gasteiger partial charge in [0.2, 0.25) is 0 Å². The summed E-state index contributed by atoms with van der Waals surface area (Å²) in [4.78, 5) is 0. The third-order valence-electron chi connectivity index (χ3n) is 12.3. The highest BCUT2D eigenvalue weighted by Gasteiger charge is 2.21. The maximum Gasteiger partial charge on any atom is 0.0562 e. The number of nitrogens with zero attached hydrogens (tertiary/aromatic N) is 4. The fourth-order valence-corrected chi connectivity index (χ4v) is 9.98. The molecule has 0 unspecified atom stereocenters. The summed E-state index contributed by atoms with van der Waals surface area (Å²) in [6, 6.07) is 75.4. The summed E-state index contributed by atoms with van der Waals surface area (Å²) in [6.45, 7) is 0. The summed E-state index contributed by atoms with van der Waals surface area (Å²) in [5, 5.41) is 9.96. The van der Waals surface area contributed by atoms with Crippen molar-refractivity contribution in [1.29, 1.82) is 0 Å². The van der Waals surface area contributed by atoms with Crippen molar-refractivity contribution in [1.82, 2.24) is 18.3 Å². The van der Waals surface area contributed by atoms with Crippen molar-refractivity contribution in [2.75, 3.05) is 0 Å². The Kier molecular flexibility index (Phi) is 6.41. The van der Waals surface area contributed by atoms with Crippen molar-refractivity contribution in [2.45, 2.75) is 0 Å². The second-order valence-electron chi connectivity index (χ2n) is 15.3. The lowest BCUT2D eigenvalue weighted by atomic mass is 10.1. The van der Waals surface area contributed by atoms with Gasteiger partial charge >= 0.3 is 0 Å². The molecule has 0 spiro atoms. The summed E-state index contributed by atoms with van der Waals surface area (Å²) < 4.78 is 9.73. The molecule has 0 saturated carbocycles. The van der Waals surface area contributed by atoms with E-state index in [1.54, 1.807) is 0 Å². The van der Waals surface area contributed by atoms with Crippen molar-refractivity contribution >= 4 is 87.2 Å². The largest absolute Gasteiger partial charge is 0.309 e. The van der Waals surface area contributed by atoms with E-state index in [2.05, 4.69) is 225 Å². The molecule has 13 rings (SSSR count). The van der Waals surface area contributed by atoms with Gasteiger partial charge in [0.25, 0.3) is 0 Å². The lowest BCUT2D eigenvalue weighted by Crippen LogP contribution is -1.97. The van der Waals surface area contributed by atoms with E-state index in [1.807, 2.05) is 0 Å². The molecule has 0 bridgehead atoms. The van der Waals surface area contributed by atoms with Crippen LogP contribution >= 0.6 is 0 Å². The Labute approximate surface area is 333 Å². The van der Waals surface area contributed by atoms with Crippen molar-refractivity contribution in [3.05, 3.63) is 206 Å². The van der Waals surface area contributed by atoms with E-state index in [4.69, 9.17) is 0 Å².